The summed E-state index contributed by atoms with van der Waals surface area (Å²) in [5, 5.41) is 4.12. The van der Waals surface area contributed by atoms with Gasteiger partial charge < -0.3 is 14.1 Å². The Labute approximate surface area is 122 Å². The van der Waals surface area contributed by atoms with Gasteiger partial charge in [0.05, 0.1) is 6.61 Å². The number of hydrogen-bond donors (Lipinski definition) is 0. The number of nitrogens with zero attached hydrogens (tertiary/aromatic N) is 1. The maximum atomic E-state index is 12.2. The van der Waals surface area contributed by atoms with Gasteiger partial charge in [-0.1, -0.05) is 12.2 Å². The van der Waals surface area contributed by atoms with Gasteiger partial charge in [-0.15, -0.1) is 0 Å². The van der Waals surface area contributed by atoms with Crippen molar-refractivity contribution in [2.24, 2.45) is 0 Å². The van der Waals surface area contributed by atoms with Crippen LogP contribution >= 0.6 is 11.3 Å². The minimum Gasteiger partial charge on any atom is -0.443 e. The van der Waals surface area contributed by atoms with Gasteiger partial charge in [-0.25, -0.2) is 4.39 Å². The summed E-state index contributed by atoms with van der Waals surface area (Å²) < 4.78 is 23.3. The van der Waals surface area contributed by atoms with E-state index in [9.17, 15) is 4.39 Å². The molecule has 0 bridgehead atoms. The number of hydrogen-bond acceptors (Lipinski definition) is 4. The molecule has 0 aliphatic carbocycles. The largest absolute Gasteiger partial charge is 0.443 e. The molecule has 2 rings (SSSR count). The number of ether oxygens (including phenoxy) is 1. The number of halogens is 1. The number of thiophene rings is 1. The van der Waals surface area contributed by atoms with E-state index in [0.717, 1.165) is 5.76 Å². The van der Waals surface area contributed by atoms with Crippen LogP contribution in [0.25, 0.3) is 6.08 Å². The molecule has 0 radical (unpaired) electrons. The lowest BCUT2D eigenvalue weighted by atomic mass is 10.3. The summed E-state index contributed by atoms with van der Waals surface area (Å²) in [6.07, 6.45) is 4.00. The molecule has 2 aromatic rings. The van der Waals surface area contributed by atoms with E-state index in [0.29, 0.717) is 25.6 Å². The summed E-state index contributed by atoms with van der Waals surface area (Å²) in [6.45, 7) is 0.886. The van der Waals surface area contributed by atoms with Crippen molar-refractivity contribution in [3.63, 3.8) is 0 Å². The highest BCUT2D eigenvalue weighted by Crippen LogP contribution is 2.17. The molecule has 0 spiro atoms. The van der Waals surface area contributed by atoms with Gasteiger partial charge >= 0.3 is 0 Å². The number of furan rings is 1. The summed E-state index contributed by atoms with van der Waals surface area (Å²) in [7, 11) is 1.80. The van der Waals surface area contributed by atoms with Gasteiger partial charge in [-0.2, -0.15) is 11.3 Å². The Hall–Kier alpha value is -1.59. The van der Waals surface area contributed by atoms with Gasteiger partial charge in [0.25, 0.3) is 0 Å². The summed E-state index contributed by atoms with van der Waals surface area (Å²) in [5.41, 5.74) is 1.19. The molecule has 20 heavy (non-hydrogen) atoms. The molecule has 0 amide bonds. The third-order valence-corrected chi connectivity index (χ3v) is 3.46. The fourth-order valence-corrected chi connectivity index (χ4v) is 2.30. The standard InChI is InChI=1S/C15H18FNO2S/c1-17(8-7-16)15-5-4-14(19-15)11-18-9-2-3-13-6-10-20-12-13/h2-6,10,12H,7-9,11H2,1H3/b3-2+. The van der Waals surface area contributed by atoms with Gasteiger partial charge in [0, 0.05) is 19.7 Å². The first-order valence-corrected chi connectivity index (χ1v) is 7.36. The zero-order chi connectivity index (χ0) is 14.2. The average Bonchev–Trinajstić information content (AvgIpc) is 3.09. The second-order valence-electron chi connectivity index (χ2n) is 4.32. The van der Waals surface area contributed by atoms with Crippen LogP contribution in [0.4, 0.5) is 10.3 Å². The highest BCUT2D eigenvalue weighted by Gasteiger charge is 2.06. The molecule has 0 aliphatic heterocycles. The van der Waals surface area contributed by atoms with E-state index in [1.807, 2.05) is 29.7 Å². The van der Waals surface area contributed by atoms with Crippen LogP contribution < -0.4 is 4.90 Å². The lowest BCUT2D eigenvalue weighted by molar-refractivity contribution is 0.132. The Balaban J connectivity index is 1.71. The second kappa shape index (κ2) is 7.87. The Morgan fingerprint density at radius 3 is 3.05 bits per heavy atom. The third kappa shape index (κ3) is 4.51. The van der Waals surface area contributed by atoms with E-state index in [2.05, 4.69) is 11.4 Å². The van der Waals surface area contributed by atoms with E-state index in [1.54, 1.807) is 23.3 Å². The quantitative estimate of drug-likeness (QED) is 0.689. The molecule has 108 valence electrons. The summed E-state index contributed by atoms with van der Waals surface area (Å²) >= 11 is 1.67. The van der Waals surface area contributed by atoms with Crippen LogP contribution in [0, 0.1) is 0 Å². The Kier molecular flexibility index (Phi) is 5.83. The summed E-state index contributed by atoms with van der Waals surface area (Å²) in [6, 6.07) is 5.74. The van der Waals surface area contributed by atoms with Crippen molar-refractivity contribution in [2.75, 3.05) is 31.8 Å². The van der Waals surface area contributed by atoms with Crippen LogP contribution in [-0.4, -0.2) is 26.9 Å². The summed E-state index contributed by atoms with van der Waals surface area (Å²) in [4.78, 5) is 1.74. The second-order valence-corrected chi connectivity index (χ2v) is 5.10. The van der Waals surface area contributed by atoms with Crippen molar-refractivity contribution in [2.45, 2.75) is 6.61 Å². The monoisotopic (exact) mass is 295 g/mol. The topological polar surface area (TPSA) is 25.6 Å². The van der Waals surface area contributed by atoms with E-state index < -0.39 is 6.67 Å². The van der Waals surface area contributed by atoms with E-state index in [1.165, 1.54) is 5.56 Å². The third-order valence-electron chi connectivity index (χ3n) is 2.76. The highest BCUT2D eigenvalue weighted by atomic mass is 32.1. The van der Waals surface area contributed by atoms with Crippen molar-refractivity contribution < 1.29 is 13.5 Å². The molecule has 0 N–H and O–H groups in total. The number of anilines is 1. The van der Waals surface area contributed by atoms with Crippen molar-refractivity contribution in [3.8, 4) is 0 Å². The SMILES string of the molecule is CN(CCF)c1ccc(COC/C=C/c2ccsc2)o1. The normalized spacial score (nSPS) is 11.3. The lowest BCUT2D eigenvalue weighted by Crippen LogP contribution is -2.18. The zero-order valence-electron chi connectivity index (χ0n) is 11.4. The molecule has 2 heterocycles. The molecule has 0 saturated heterocycles. The van der Waals surface area contributed by atoms with Gasteiger partial charge in [0.15, 0.2) is 5.88 Å². The predicted octanol–water partition coefficient (Wildman–Crippen LogP) is 3.98. The molecular formula is C15H18FNO2S. The smallest absolute Gasteiger partial charge is 0.195 e. The fraction of sp³-hybridized carbons (Fsp3) is 0.333. The molecule has 0 unspecified atom stereocenters. The minimum atomic E-state index is -0.392. The molecule has 0 fully saturated rings. The maximum Gasteiger partial charge on any atom is 0.195 e. The van der Waals surface area contributed by atoms with Crippen LogP contribution in [0.1, 0.15) is 11.3 Å². The van der Waals surface area contributed by atoms with Gasteiger partial charge in [-0.3, -0.25) is 0 Å². The van der Waals surface area contributed by atoms with Crippen LogP contribution in [-0.2, 0) is 11.3 Å². The molecule has 3 nitrogen and oxygen atoms in total. The minimum absolute atomic E-state index is 0.331. The van der Waals surface area contributed by atoms with Crippen LogP contribution in [0.2, 0.25) is 0 Å². The van der Waals surface area contributed by atoms with Crippen molar-refractivity contribution in [3.05, 3.63) is 46.4 Å². The van der Waals surface area contributed by atoms with Gasteiger partial charge in [0.2, 0.25) is 0 Å². The van der Waals surface area contributed by atoms with Crippen LogP contribution in [0.3, 0.4) is 0 Å². The van der Waals surface area contributed by atoms with Crippen LogP contribution in [0.5, 0.6) is 0 Å². The first-order chi connectivity index (χ1) is 9.79. The van der Waals surface area contributed by atoms with Gasteiger partial charge in [-0.05, 0) is 28.5 Å². The summed E-state index contributed by atoms with van der Waals surface area (Å²) in [5.74, 6) is 1.41. The number of alkyl halides is 1. The Bertz CT molecular complexity index is 522. The average molecular weight is 295 g/mol. The molecule has 5 heteroatoms. The Morgan fingerprint density at radius 1 is 1.40 bits per heavy atom. The maximum absolute atomic E-state index is 12.2. The van der Waals surface area contributed by atoms with Crippen molar-refractivity contribution >= 4 is 23.3 Å². The molecule has 2 aromatic heterocycles. The van der Waals surface area contributed by atoms with Crippen LogP contribution in [0.15, 0.2) is 39.5 Å². The first-order valence-electron chi connectivity index (χ1n) is 6.42. The zero-order valence-corrected chi connectivity index (χ0v) is 12.2. The number of rotatable bonds is 8. The first kappa shape index (κ1) is 14.8. The van der Waals surface area contributed by atoms with Crippen molar-refractivity contribution in [1.29, 1.82) is 0 Å². The predicted molar refractivity (Wildman–Crippen MR) is 81.0 cm³/mol. The molecule has 0 aromatic carbocycles. The van der Waals surface area contributed by atoms with E-state index >= 15 is 0 Å². The molecular weight excluding hydrogens is 277 g/mol. The fourth-order valence-electron chi connectivity index (χ4n) is 1.67. The molecule has 0 aliphatic rings. The van der Waals surface area contributed by atoms with E-state index in [4.69, 9.17) is 9.15 Å². The highest BCUT2D eigenvalue weighted by molar-refractivity contribution is 7.08. The molecule has 0 atom stereocenters. The molecule has 0 saturated carbocycles. The van der Waals surface area contributed by atoms with E-state index in [-0.39, 0.29) is 0 Å². The lowest BCUT2D eigenvalue weighted by Gasteiger charge is -2.12. The van der Waals surface area contributed by atoms with Gasteiger partial charge in [0.1, 0.15) is 19.0 Å². The Morgan fingerprint density at radius 2 is 2.30 bits per heavy atom. The van der Waals surface area contributed by atoms with Crippen molar-refractivity contribution in [1.82, 2.24) is 0 Å².